The molecule has 0 aliphatic carbocycles. The number of hydrogen-bond donors (Lipinski definition) is 1. The van der Waals surface area contributed by atoms with Crippen molar-refractivity contribution in [3.05, 3.63) is 59.8 Å². The molecule has 7 nitrogen and oxygen atoms in total. The molecule has 0 radical (unpaired) electrons. The highest BCUT2D eigenvalue weighted by atomic mass is 16.5. The van der Waals surface area contributed by atoms with Gasteiger partial charge in [-0.2, -0.15) is 9.97 Å². The molecule has 198 valence electrons. The Morgan fingerprint density at radius 2 is 1.84 bits per heavy atom. The molecule has 0 saturated carbocycles. The van der Waals surface area contributed by atoms with E-state index in [9.17, 15) is 0 Å². The van der Waals surface area contributed by atoms with Gasteiger partial charge >= 0.3 is 6.01 Å². The van der Waals surface area contributed by atoms with Crippen molar-refractivity contribution < 1.29 is 4.74 Å². The molecule has 3 aromatic rings. The molecule has 4 aliphatic heterocycles. The molecular formula is C31H38N6O. The Bertz CT molecular complexity index is 1340. The van der Waals surface area contributed by atoms with E-state index < -0.39 is 0 Å². The average molecular weight is 511 g/mol. The van der Waals surface area contributed by atoms with Gasteiger partial charge in [0.1, 0.15) is 12.4 Å². The van der Waals surface area contributed by atoms with Crippen molar-refractivity contribution in [3.8, 4) is 6.01 Å². The Kier molecular flexibility index (Phi) is 6.21. The Morgan fingerprint density at radius 3 is 2.61 bits per heavy atom. The molecule has 3 atom stereocenters. The van der Waals surface area contributed by atoms with Crippen LogP contribution >= 0.6 is 0 Å². The number of nitrogens with one attached hydrogen (secondary N) is 1. The van der Waals surface area contributed by atoms with Crippen LogP contribution in [0.1, 0.15) is 42.5 Å². The molecule has 2 bridgehead atoms. The topological polar surface area (TPSA) is 56.8 Å². The summed E-state index contributed by atoms with van der Waals surface area (Å²) in [5, 5.41) is 6.28. The average Bonchev–Trinajstić information content (AvgIpc) is 3.53. The lowest BCUT2D eigenvalue weighted by atomic mass is 9.99. The predicted octanol–water partition coefficient (Wildman–Crippen LogP) is 4.25. The summed E-state index contributed by atoms with van der Waals surface area (Å²) < 4.78 is 6.34. The second-order valence-corrected chi connectivity index (χ2v) is 11.5. The molecule has 3 saturated heterocycles. The predicted molar refractivity (Wildman–Crippen MR) is 154 cm³/mol. The van der Waals surface area contributed by atoms with Crippen molar-refractivity contribution >= 4 is 28.4 Å². The zero-order chi connectivity index (χ0) is 25.6. The highest BCUT2D eigenvalue weighted by molar-refractivity contribution is 6.00. The third kappa shape index (κ3) is 4.31. The maximum absolute atomic E-state index is 6.34. The van der Waals surface area contributed by atoms with Gasteiger partial charge in [-0.3, -0.25) is 0 Å². The van der Waals surface area contributed by atoms with E-state index in [2.05, 4.69) is 70.0 Å². The van der Waals surface area contributed by atoms with Crippen LogP contribution in [0.25, 0.3) is 16.8 Å². The highest BCUT2D eigenvalue weighted by Crippen LogP contribution is 2.37. The first-order valence-electron chi connectivity index (χ1n) is 14.3. The van der Waals surface area contributed by atoms with Crippen molar-refractivity contribution in [3.63, 3.8) is 0 Å². The van der Waals surface area contributed by atoms with E-state index >= 15 is 0 Å². The number of hydrogen-bond acceptors (Lipinski definition) is 7. The summed E-state index contributed by atoms with van der Waals surface area (Å²) >= 11 is 0. The second kappa shape index (κ2) is 9.86. The van der Waals surface area contributed by atoms with E-state index in [0.717, 1.165) is 50.7 Å². The van der Waals surface area contributed by atoms with Crippen LogP contribution in [0, 0.1) is 0 Å². The van der Waals surface area contributed by atoms with Gasteiger partial charge in [-0.05, 0) is 62.7 Å². The summed E-state index contributed by atoms with van der Waals surface area (Å²) in [5.74, 6) is 1.10. The summed E-state index contributed by atoms with van der Waals surface area (Å²) in [6.07, 6.45) is 7.82. The van der Waals surface area contributed by atoms with Crippen LogP contribution in [-0.4, -0.2) is 72.8 Å². The monoisotopic (exact) mass is 510 g/mol. The number of ether oxygens (including phenoxy) is 1. The van der Waals surface area contributed by atoms with Gasteiger partial charge in [-0.15, -0.1) is 0 Å². The van der Waals surface area contributed by atoms with E-state index in [0.29, 0.717) is 30.7 Å². The summed E-state index contributed by atoms with van der Waals surface area (Å²) in [7, 11) is 2.19. The van der Waals surface area contributed by atoms with Crippen LogP contribution in [0.2, 0.25) is 0 Å². The lowest BCUT2D eigenvalue weighted by molar-refractivity contribution is 0.187. The summed E-state index contributed by atoms with van der Waals surface area (Å²) in [6, 6.07) is 15.1. The first kappa shape index (κ1) is 23.9. The minimum atomic E-state index is 0.442. The zero-order valence-corrected chi connectivity index (χ0v) is 22.4. The summed E-state index contributed by atoms with van der Waals surface area (Å²) in [6.45, 7) is 9.60. The maximum Gasteiger partial charge on any atom is 0.318 e. The number of aromatic nitrogens is 2. The number of benzene rings is 2. The molecule has 1 aromatic heterocycles. The Morgan fingerprint density at radius 1 is 1.03 bits per heavy atom. The largest absolute Gasteiger partial charge is 0.462 e. The number of likely N-dealkylation sites (tertiary alicyclic amines) is 1. The van der Waals surface area contributed by atoms with Gasteiger partial charge in [0, 0.05) is 54.4 Å². The van der Waals surface area contributed by atoms with Gasteiger partial charge < -0.3 is 24.8 Å². The Hall–Kier alpha value is -3.16. The van der Waals surface area contributed by atoms with Crippen LogP contribution < -0.4 is 19.9 Å². The van der Waals surface area contributed by atoms with Crippen LogP contribution in [0.15, 0.2) is 43.0 Å². The fourth-order valence-electron chi connectivity index (χ4n) is 7.03. The molecular weight excluding hydrogens is 472 g/mol. The second-order valence-electron chi connectivity index (χ2n) is 11.5. The molecule has 2 unspecified atom stereocenters. The van der Waals surface area contributed by atoms with E-state index in [1.54, 1.807) is 0 Å². The van der Waals surface area contributed by atoms with E-state index in [1.807, 2.05) is 6.08 Å². The minimum absolute atomic E-state index is 0.442. The number of fused-ring (bicyclic) bond motifs is 4. The van der Waals surface area contributed by atoms with Crippen molar-refractivity contribution in [2.75, 3.05) is 49.6 Å². The number of piperazine rings is 1. The molecule has 7 rings (SSSR count). The molecule has 2 aromatic carbocycles. The molecule has 1 N–H and O–H groups in total. The molecule has 0 spiro atoms. The lowest BCUT2D eigenvalue weighted by Crippen LogP contribution is -2.52. The van der Waals surface area contributed by atoms with Gasteiger partial charge in [0.2, 0.25) is 0 Å². The van der Waals surface area contributed by atoms with Gasteiger partial charge in [0.25, 0.3) is 0 Å². The van der Waals surface area contributed by atoms with Gasteiger partial charge in [0.05, 0.1) is 12.2 Å². The van der Waals surface area contributed by atoms with E-state index in [-0.39, 0.29) is 0 Å². The standard InChI is InChI=1S/C31H38N6O/c1-3-21-7-4-8-22-9-5-11-28(29(21)22)36-16-14-26-27(19-36)33-31(38-20-25-10-6-15-35(25)2)34-30(26)37-17-23-12-13-24(18-37)32-23/h3-5,7-9,11,23-25,32H,1,6,10,12-20H2,2H3/t23?,24?,25-/m0/s1. The van der Waals surface area contributed by atoms with Gasteiger partial charge in [-0.1, -0.05) is 43.0 Å². The molecule has 0 amide bonds. The van der Waals surface area contributed by atoms with Gasteiger partial charge in [-0.25, -0.2) is 0 Å². The third-order valence-corrected chi connectivity index (χ3v) is 9.09. The van der Waals surface area contributed by atoms with E-state index in [1.165, 1.54) is 53.3 Å². The van der Waals surface area contributed by atoms with E-state index in [4.69, 9.17) is 14.7 Å². The summed E-state index contributed by atoms with van der Waals surface area (Å²) in [4.78, 5) is 17.5. The van der Waals surface area contributed by atoms with Crippen molar-refractivity contribution in [2.45, 2.75) is 56.8 Å². The molecule has 7 heteroatoms. The number of rotatable bonds is 6. The number of likely N-dealkylation sites (N-methyl/N-ethyl adjacent to an activating group) is 1. The third-order valence-electron chi connectivity index (χ3n) is 9.09. The normalized spacial score (nSPS) is 25.1. The minimum Gasteiger partial charge on any atom is -0.462 e. The Labute approximate surface area is 225 Å². The zero-order valence-electron chi connectivity index (χ0n) is 22.4. The molecule has 5 heterocycles. The van der Waals surface area contributed by atoms with Crippen LogP contribution in [0.4, 0.5) is 11.5 Å². The van der Waals surface area contributed by atoms with Crippen molar-refractivity contribution in [1.82, 2.24) is 20.2 Å². The molecule has 3 fully saturated rings. The summed E-state index contributed by atoms with van der Waals surface area (Å²) in [5.41, 5.74) is 4.83. The highest BCUT2D eigenvalue weighted by Gasteiger charge is 2.35. The van der Waals surface area contributed by atoms with Crippen LogP contribution in [0.5, 0.6) is 6.01 Å². The first-order chi connectivity index (χ1) is 18.7. The van der Waals surface area contributed by atoms with Crippen LogP contribution in [-0.2, 0) is 13.0 Å². The van der Waals surface area contributed by atoms with Crippen molar-refractivity contribution in [2.24, 2.45) is 0 Å². The van der Waals surface area contributed by atoms with Gasteiger partial charge in [0.15, 0.2) is 0 Å². The fourth-order valence-corrected chi connectivity index (χ4v) is 7.03. The number of anilines is 2. The molecule has 4 aliphatic rings. The van der Waals surface area contributed by atoms with Crippen molar-refractivity contribution in [1.29, 1.82) is 0 Å². The maximum atomic E-state index is 6.34. The quantitative estimate of drug-likeness (QED) is 0.532. The Balaban J connectivity index is 1.24. The smallest absolute Gasteiger partial charge is 0.318 e. The first-order valence-corrected chi connectivity index (χ1v) is 14.3. The SMILES string of the molecule is C=Cc1cccc2cccc(N3CCc4c(nc(OC[C@@H]5CCCN5C)nc4N4CC5CCC(C4)N5)C3)c12. The number of nitrogens with zero attached hydrogens (tertiary/aromatic N) is 5. The van der Waals surface area contributed by atoms with Crippen LogP contribution in [0.3, 0.4) is 0 Å². The lowest BCUT2D eigenvalue weighted by Gasteiger charge is -2.37. The molecule has 38 heavy (non-hydrogen) atoms. The fraction of sp³-hybridized carbons (Fsp3) is 0.484.